The smallest absolute Gasteiger partial charge is 0.308 e. The van der Waals surface area contributed by atoms with Crippen molar-refractivity contribution < 1.29 is 29.0 Å². The first-order chi connectivity index (χ1) is 11.3. The number of imide groups is 1. The molecule has 1 aliphatic rings. The van der Waals surface area contributed by atoms with Crippen LogP contribution in [-0.2, 0) is 25.6 Å². The van der Waals surface area contributed by atoms with E-state index in [1.54, 1.807) is 24.3 Å². The zero-order valence-electron chi connectivity index (χ0n) is 13.3. The first-order valence-electron chi connectivity index (χ1n) is 7.35. The summed E-state index contributed by atoms with van der Waals surface area (Å²) < 4.78 is 4.92. The Labute approximate surface area is 138 Å². The number of esters is 1. The van der Waals surface area contributed by atoms with Crippen LogP contribution >= 0.6 is 0 Å². The van der Waals surface area contributed by atoms with Crippen LogP contribution in [-0.4, -0.2) is 52.4 Å². The minimum absolute atomic E-state index is 0.121. The van der Waals surface area contributed by atoms with Gasteiger partial charge in [-0.1, -0.05) is 12.1 Å². The van der Waals surface area contributed by atoms with Gasteiger partial charge in [0.15, 0.2) is 0 Å². The lowest BCUT2D eigenvalue weighted by Crippen LogP contribution is -2.66. The van der Waals surface area contributed by atoms with Gasteiger partial charge in [0.2, 0.25) is 11.8 Å². The highest BCUT2D eigenvalue weighted by atomic mass is 16.5. The number of hydrogen-bond acceptors (Lipinski definition) is 6. The van der Waals surface area contributed by atoms with Gasteiger partial charge in [-0.05, 0) is 17.7 Å². The van der Waals surface area contributed by atoms with Crippen molar-refractivity contribution >= 4 is 23.7 Å². The van der Waals surface area contributed by atoms with Crippen molar-refractivity contribution in [2.75, 3.05) is 6.61 Å². The standard InChI is InChI=1S/C16H18N2O6/c1-9(20)18-14(15(22)17-13(8-19)16(18)23)7-11-3-5-12(6-4-11)24-10(2)21/h3-6,13-14,19H,7-8H2,1-2H3,(H,17,22)/t13?,14-/m0/s1. The monoisotopic (exact) mass is 334 g/mol. The summed E-state index contributed by atoms with van der Waals surface area (Å²) in [6.07, 6.45) is 0.121. The Bertz CT molecular complexity index is 670. The Morgan fingerprint density at radius 3 is 2.33 bits per heavy atom. The highest BCUT2D eigenvalue weighted by molar-refractivity contribution is 6.06. The van der Waals surface area contributed by atoms with Crippen molar-refractivity contribution in [3.63, 3.8) is 0 Å². The molecule has 0 radical (unpaired) electrons. The fourth-order valence-electron chi connectivity index (χ4n) is 2.53. The molecular weight excluding hydrogens is 316 g/mol. The molecule has 0 aliphatic carbocycles. The summed E-state index contributed by atoms with van der Waals surface area (Å²) in [6, 6.07) is 4.32. The van der Waals surface area contributed by atoms with E-state index in [1.165, 1.54) is 13.8 Å². The molecule has 1 aliphatic heterocycles. The van der Waals surface area contributed by atoms with Crippen LogP contribution in [0, 0.1) is 0 Å². The van der Waals surface area contributed by atoms with Crippen molar-refractivity contribution in [2.45, 2.75) is 32.4 Å². The molecule has 128 valence electrons. The second-order valence-corrected chi connectivity index (χ2v) is 5.43. The number of aliphatic hydroxyl groups excluding tert-OH is 1. The zero-order chi connectivity index (χ0) is 17.9. The minimum atomic E-state index is -1.11. The molecule has 1 heterocycles. The second-order valence-electron chi connectivity index (χ2n) is 5.43. The average Bonchev–Trinajstić information content (AvgIpc) is 2.51. The van der Waals surface area contributed by atoms with Gasteiger partial charge in [-0.2, -0.15) is 0 Å². The molecule has 8 heteroatoms. The molecule has 2 N–H and O–H groups in total. The number of rotatable bonds is 4. The Morgan fingerprint density at radius 2 is 1.83 bits per heavy atom. The molecular formula is C16H18N2O6. The predicted molar refractivity (Wildman–Crippen MR) is 81.8 cm³/mol. The van der Waals surface area contributed by atoms with E-state index in [2.05, 4.69) is 5.32 Å². The molecule has 0 spiro atoms. The van der Waals surface area contributed by atoms with Crippen LogP contribution in [0.3, 0.4) is 0 Å². The van der Waals surface area contributed by atoms with Gasteiger partial charge in [0.05, 0.1) is 6.61 Å². The topological polar surface area (TPSA) is 113 Å². The molecule has 8 nitrogen and oxygen atoms in total. The van der Waals surface area contributed by atoms with Crippen LogP contribution in [0.5, 0.6) is 5.75 Å². The third-order valence-electron chi connectivity index (χ3n) is 3.60. The van der Waals surface area contributed by atoms with Gasteiger partial charge in [0, 0.05) is 20.3 Å². The maximum absolute atomic E-state index is 12.2. The summed E-state index contributed by atoms with van der Waals surface area (Å²) in [7, 11) is 0. The van der Waals surface area contributed by atoms with Crippen LogP contribution in [0.1, 0.15) is 19.4 Å². The van der Waals surface area contributed by atoms with Crippen LogP contribution in [0.4, 0.5) is 0 Å². The van der Waals surface area contributed by atoms with Crippen molar-refractivity contribution in [3.05, 3.63) is 29.8 Å². The SMILES string of the molecule is CC(=O)Oc1ccc(C[C@H]2C(=O)NC(CO)C(=O)N2C(C)=O)cc1. The molecule has 0 saturated carbocycles. The third kappa shape index (κ3) is 3.77. The molecule has 1 aromatic rings. The molecule has 3 amide bonds. The van der Waals surface area contributed by atoms with Gasteiger partial charge in [0.1, 0.15) is 17.8 Å². The van der Waals surface area contributed by atoms with E-state index in [-0.39, 0.29) is 6.42 Å². The van der Waals surface area contributed by atoms with E-state index in [1.807, 2.05) is 0 Å². The van der Waals surface area contributed by atoms with Gasteiger partial charge < -0.3 is 15.2 Å². The molecule has 24 heavy (non-hydrogen) atoms. The number of carbonyl (C=O) groups excluding carboxylic acids is 4. The first-order valence-corrected chi connectivity index (χ1v) is 7.35. The first kappa shape index (κ1) is 17.6. The molecule has 1 unspecified atom stereocenters. The molecule has 2 rings (SSSR count). The molecule has 1 saturated heterocycles. The highest BCUT2D eigenvalue weighted by Gasteiger charge is 2.42. The van der Waals surface area contributed by atoms with Gasteiger partial charge >= 0.3 is 5.97 Å². The molecule has 0 aromatic heterocycles. The van der Waals surface area contributed by atoms with Crippen LogP contribution in [0.15, 0.2) is 24.3 Å². The van der Waals surface area contributed by atoms with E-state index in [4.69, 9.17) is 9.84 Å². The number of nitrogens with zero attached hydrogens (tertiary/aromatic N) is 1. The second kappa shape index (κ2) is 7.22. The molecule has 1 fully saturated rings. The Balaban J connectivity index is 2.19. The maximum Gasteiger partial charge on any atom is 0.308 e. The van der Waals surface area contributed by atoms with Crippen LogP contribution in [0.2, 0.25) is 0 Å². The molecule has 1 aromatic carbocycles. The maximum atomic E-state index is 12.2. The van der Waals surface area contributed by atoms with Crippen LogP contribution < -0.4 is 10.1 Å². The Hall–Kier alpha value is -2.74. The lowest BCUT2D eigenvalue weighted by Gasteiger charge is -2.36. The summed E-state index contributed by atoms with van der Waals surface area (Å²) >= 11 is 0. The van der Waals surface area contributed by atoms with Crippen LogP contribution in [0.25, 0.3) is 0 Å². The van der Waals surface area contributed by atoms with E-state index in [0.717, 1.165) is 4.90 Å². The largest absolute Gasteiger partial charge is 0.427 e. The molecule has 0 bridgehead atoms. The van der Waals surface area contributed by atoms with Gasteiger partial charge in [0.25, 0.3) is 5.91 Å². The number of ether oxygens (including phenoxy) is 1. The quantitative estimate of drug-likeness (QED) is 0.561. The van der Waals surface area contributed by atoms with Crippen molar-refractivity contribution in [2.24, 2.45) is 0 Å². The van der Waals surface area contributed by atoms with Crippen molar-refractivity contribution in [3.8, 4) is 5.75 Å². The number of nitrogens with one attached hydrogen (secondary N) is 1. The normalized spacial score (nSPS) is 20.5. The number of amides is 3. The number of carbonyl (C=O) groups is 4. The summed E-state index contributed by atoms with van der Waals surface area (Å²) in [4.78, 5) is 47.9. The van der Waals surface area contributed by atoms with E-state index >= 15 is 0 Å². The summed E-state index contributed by atoms with van der Waals surface area (Å²) in [5, 5.41) is 11.5. The lowest BCUT2D eigenvalue weighted by atomic mass is 9.99. The Morgan fingerprint density at radius 1 is 1.21 bits per heavy atom. The lowest BCUT2D eigenvalue weighted by molar-refractivity contribution is -0.158. The van der Waals surface area contributed by atoms with Gasteiger partial charge in [-0.15, -0.1) is 0 Å². The van der Waals surface area contributed by atoms with Crippen molar-refractivity contribution in [1.29, 1.82) is 0 Å². The number of aliphatic hydroxyl groups is 1. The number of piperazine rings is 1. The summed E-state index contributed by atoms with van der Waals surface area (Å²) in [6.45, 7) is 1.91. The summed E-state index contributed by atoms with van der Waals surface area (Å²) in [5.41, 5.74) is 0.688. The zero-order valence-corrected chi connectivity index (χ0v) is 13.3. The van der Waals surface area contributed by atoms with E-state index in [9.17, 15) is 19.2 Å². The van der Waals surface area contributed by atoms with Gasteiger partial charge in [-0.3, -0.25) is 24.1 Å². The third-order valence-corrected chi connectivity index (χ3v) is 3.60. The summed E-state index contributed by atoms with van der Waals surface area (Å²) in [5.74, 6) is -1.79. The van der Waals surface area contributed by atoms with Crippen molar-refractivity contribution in [1.82, 2.24) is 10.2 Å². The number of benzene rings is 1. The van der Waals surface area contributed by atoms with E-state index < -0.39 is 42.4 Å². The number of hydrogen-bond donors (Lipinski definition) is 2. The fraction of sp³-hybridized carbons (Fsp3) is 0.375. The highest BCUT2D eigenvalue weighted by Crippen LogP contribution is 2.18. The van der Waals surface area contributed by atoms with Gasteiger partial charge in [-0.25, -0.2) is 0 Å². The predicted octanol–water partition coefficient (Wildman–Crippen LogP) is -0.611. The Kier molecular flexibility index (Phi) is 5.30. The average molecular weight is 334 g/mol. The minimum Gasteiger partial charge on any atom is -0.427 e. The fourth-order valence-corrected chi connectivity index (χ4v) is 2.53. The van der Waals surface area contributed by atoms with E-state index in [0.29, 0.717) is 11.3 Å². The molecule has 2 atom stereocenters.